The van der Waals surface area contributed by atoms with Crippen LogP contribution < -0.4 is 14.9 Å². The summed E-state index contributed by atoms with van der Waals surface area (Å²) in [6.45, 7) is 0. The van der Waals surface area contributed by atoms with Crippen molar-refractivity contribution in [1.82, 2.24) is 13.5 Å². The predicted octanol–water partition coefficient (Wildman–Crippen LogP) is -2.38. The molecule has 0 aliphatic carbocycles. The fourth-order valence-electron chi connectivity index (χ4n) is 1.74. The quantitative estimate of drug-likeness (QED) is 0.585. The van der Waals surface area contributed by atoms with Gasteiger partial charge in [0.05, 0.1) is 23.7 Å². The lowest BCUT2D eigenvalue weighted by atomic mass is 10.2. The van der Waals surface area contributed by atoms with Crippen LogP contribution in [0.3, 0.4) is 0 Å². The van der Waals surface area contributed by atoms with Gasteiger partial charge in [0, 0.05) is 5.97 Å². The van der Waals surface area contributed by atoms with Crippen LogP contribution in [0.25, 0.3) is 11.0 Å². The number of aliphatic carboxylic acids is 2. The number of carboxylic acid groups (broad SMARTS) is 2. The predicted molar refractivity (Wildman–Crippen MR) is 70.8 cm³/mol. The van der Waals surface area contributed by atoms with Crippen molar-refractivity contribution < 1.29 is 28.2 Å². The van der Waals surface area contributed by atoms with Crippen molar-refractivity contribution in [3.05, 3.63) is 18.2 Å². The molecule has 0 radical (unpaired) electrons. The van der Waals surface area contributed by atoms with Gasteiger partial charge in [-0.1, -0.05) is 6.07 Å². The first kappa shape index (κ1) is 16.3. The summed E-state index contributed by atoms with van der Waals surface area (Å²) in [4.78, 5) is 21.1. The summed E-state index contributed by atoms with van der Waals surface area (Å²) in [6, 6.07) is 2.55. The van der Waals surface area contributed by atoms with E-state index in [4.69, 9.17) is 0 Å². The number of benzene rings is 1. The standard InChI is InChI=1S/C11H11N3O6S2/c15-9(16)5-4-7(11(17)18)14-22(19,20)8-3-1-2-6-10(8)13-21-12-6/h1-3,7,14H,4-5H2,(H,15,16)(H,17,18)/p-2/t7-/m1/s1. The Labute approximate surface area is 129 Å². The van der Waals surface area contributed by atoms with Crippen molar-refractivity contribution in [2.75, 3.05) is 0 Å². The molecule has 1 aromatic carbocycles. The maximum atomic E-state index is 12.3. The molecule has 0 bridgehead atoms. The number of nitrogens with one attached hydrogen (secondary N) is 1. The fourth-order valence-corrected chi connectivity index (χ4v) is 3.72. The van der Waals surface area contributed by atoms with Crippen molar-refractivity contribution in [1.29, 1.82) is 0 Å². The molecule has 9 nitrogen and oxygen atoms in total. The number of fused-ring (bicyclic) bond motifs is 1. The highest BCUT2D eigenvalue weighted by Crippen LogP contribution is 2.21. The van der Waals surface area contributed by atoms with Crippen molar-refractivity contribution in [3.63, 3.8) is 0 Å². The topological polar surface area (TPSA) is 152 Å². The minimum Gasteiger partial charge on any atom is -0.550 e. The molecule has 0 amide bonds. The zero-order valence-electron chi connectivity index (χ0n) is 10.9. The molecular formula is C11H9N3O6S2-2. The first-order valence-electron chi connectivity index (χ1n) is 5.95. The summed E-state index contributed by atoms with van der Waals surface area (Å²) in [5.41, 5.74) is 0.463. The highest BCUT2D eigenvalue weighted by Gasteiger charge is 2.24. The normalized spacial score (nSPS) is 13.1. The van der Waals surface area contributed by atoms with Gasteiger partial charge in [-0.25, -0.2) is 13.1 Å². The molecule has 0 fully saturated rings. The van der Waals surface area contributed by atoms with Crippen molar-refractivity contribution >= 4 is 44.7 Å². The second kappa shape index (κ2) is 6.34. The molecule has 0 saturated heterocycles. The lowest BCUT2D eigenvalue weighted by Crippen LogP contribution is -2.48. The van der Waals surface area contributed by atoms with Crippen LogP contribution in [0.4, 0.5) is 0 Å². The van der Waals surface area contributed by atoms with Crippen LogP contribution in [0.2, 0.25) is 0 Å². The fraction of sp³-hybridized carbons (Fsp3) is 0.273. The molecule has 0 spiro atoms. The Kier molecular flexibility index (Phi) is 4.68. The maximum absolute atomic E-state index is 12.3. The average molecular weight is 343 g/mol. The summed E-state index contributed by atoms with van der Waals surface area (Å²) >= 11 is 0.816. The van der Waals surface area contributed by atoms with Crippen LogP contribution in [-0.2, 0) is 19.6 Å². The minimum atomic E-state index is -4.23. The Morgan fingerprint density at radius 2 is 2.00 bits per heavy atom. The van der Waals surface area contributed by atoms with Crippen LogP contribution in [-0.4, -0.2) is 35.1 Å². The van der Waals surface area contributed by atoms with E-state index < -0.39 is 40.8 Å². The van der Waals surface area contributed by atoms with E-state index in [-0.39, 0.29) is 10.4 Å². The van der Waals surface area contributed by atoms with E-state index >= 15 is 0 Å². The Hall–Kier alpha value is -2.11. The zero-order valence-corrected chi connectivity index (χ0v) is 12.5. The van der Waals surface area contributed by atoms with Gasteiger partial charge >= 0.3 is 0 Å². The Balaban J connectivity index is 2.31. The van der Waals surface area contributed by atoms with Crippen LogP contribution in [0.5, 0.6) is 0 Å². The van der Waals surface area contributed by atoms with Gasteiger partial charge in [0.2, 0.25) is 10.0 Å². The van der Waals surface area contributed by atoms with Crippen LogP contribution in [0, 0.1) is 0 Å². The SMILES string of the molecule is O=C([O-])CC[C@@H](NS(=O)(=O)c1cccc2nsnc12)C(=O)[O-]. The summed E-state index contributed by atoms with van der Waals surface area (Å²) in [6.07, 6.45) is -1.11. The molecule has 1 atom stereocenters. The van der Waals surface area contributed by atoms with E-state index in [1.54, 1.807) is 6.07 Å². The third kappa shape index (κ3) is 3.55. The summed E-state index contributed by atoms with van der Waals surface area (Å²) in [5, 5.41) is 21.3. The van der Waals surface area contributed by atoms with E-state index in [9.17, 15) is 28.2 Å². The number of carbonyl (C=O) groups excluding carboxylic acids is 2. The molecule has 22 heavy (non-hydrogen) atoms. The van der Waals surface area contributed by atoms with Crippen molar-refractivity contribution in [2.24, 2.45) is 0 Å². The number of carbonyl (C=O) groups is 2. The number of rotatable bonds is 7. The van der Waals surface area contributed by atoms with Gasteiger partial charge in [-0.15, -0.1) is 0 Å². The number of aromatic nitrogens is 2. The van der Waals surface area contributed by atoms with E-state index in [1.165, 1.54) is 12.1 Å². The van der Waals surface area contributed by atoms with Crippen molar-refractivity contribution in [2.45, 2.75) is 23.8 Å². The van der Waals surface area contributed by atoms with Gasteiger partial charge in [-0.2, -0.15) is 8.75 Å². The summed E-state index contributed by atoms with van der Waals surface area (Å²) in [7, 11) is -4.23. The Morgan fingerprint density at radius 3 is 2.64 bits per heavy atom. The number of nitrogens with zero attached hydrogens (tertiary/aromatic N) is 2. The van der Waals surface area contributed by atoms with Gasteiger partial charge in [0.1, 0.15) is 15.9 Å². The lowest BCUT2D eigenvalue weighted by molar-refractivity contribution is -0.309. The van der Waals surface area contributed by atoms with Crippen LogP contribution in [0.1, 0.15) is 12.8 Å². The number of sulfonamides is 1. The molecule has 0 unspecified atom stereocenters. The molecular weight excluding hydrogens is 334 g/mol. The third-order valence-corrected chi connectivity index (χ3v) is 4.80. The lowest BCUT2D eigenvalue weighted by Gasteiger charge is -2.19. The van der Waals surface area contributed by atoms with E-state index in [2.05, 4.69) is 8.75 Å². The Bertz CT molecular complexity index is 816. The van der Waals surface area contributed by atoms with E-state index in [0.717, 1.165) is 11.7 Å². The van der Waals surface area contributed by atoms with E-state index in [0.29, 0.717) is 5.52 Å². The highest BCUT2D eigenvalue weighted by atomic mass is 32.2. The second-order valence-corrected chi connectivity index (χ2v) is 6.50. The number of hydrogen-bond donors (Lipinski definition) is 1. The van der Waals surface area contributed by atoms with Gasteiger partial charge < -0.3 is 19.8 Å². The average Bonchev–Trinajstić information content (AvgIpc) is 2.90. The van der Waals surface area contributed by atoms with Crippen LogP contribution >= 0.6 is 11.7 Å². The third-order valence-electron chi connectivity index (χ3n) is 2.76. The molecule has 1 aromatic heterocycles. The highest BCUT2D eigenvalue weighted by molar-refractivity contribution is 7.89. The number of hydrogen-bond acceptors (Lipinski definition) is 9. The van der Waals surface area contributed by atoms with Gasteiger partial charge in [-0.3, -0.25) is 0 Å². The molecule has 118 valence electrons. The minimum absolute atomic E-state index is 0.108. The molecule has 1 heterocycles. The summed E-state index contributed by atoms with van der Waals surface area (Å²) in [5.74, 6) is -3.22. The largest absolute Gasteiger partial charge is 0.550 e. The molecule has 0 aliphatic heterocycles. The molecule has 1 N–H and O–H groups in total. The second-order valence-electron chi connectivity index (χ2n) is 4.29. The van der Waals surface area contributed by atoms with Gasteiger partial charge in [0.15, 0.2) is 0 Å². The van der Waals surface area contributed by atoms with Gasteiger partial charge in [0.25, 0.3) is 0 Å². The monoisotopic (exact) mass is 343 g/mol. The molecule has 2 rings (SSSR count). The molecule has 0 aliphatic rings. The maximum Gasteiger partial charge on any atom is 0.243 e. The van der Waals surface area contributed by atoms with E-state index in [1.807, 2.05) is 4.72 Å². The smallest absolute Gasteiger partial charge is 0.243 e. The first-order valence-corrected chi connectivity index (χ1v) is 8.17. The van der Waals surface area contributed by atoms with Crippen LogP contribution in [0.15, 0.2) is 23.1 Å². The zero-order chi connectivity index (χ0) is 16.3. The molecule has 11 heteroatoms. The van der Waals surface area contributed by atoms with Crippen molar-refractivity contribution in [3.8, 4) is 0 Å². The number of carboxylic acids is 2. The molecule has 2 aromatic rings. The molecule has 0 saturated carbocycles. The van der Waals surface area contributed by atoms with Gasteiger partial charge in [-0.05, 0) is 25.0 Å². The Morgan fingerprint density at radius 1 is 1.27 bits per heavy atom. The summed E-state index contributed by atoms with van der Waals surface area (Å²) < 4.78 is 34.2. The first-order chi connectivity index (χ1) is 10.3.